The van der Waals surface area contributed by atoms with Crippen LogP contribution in [0.2, 0.25) is 39.3 Å². The molecule has 2 fully saturated rings. The predicted molar refractivity (Wildman–Crippen MR) is 354 cm³/mol. The van der Waals surface area contributed by atoms with E-state index in [9.17, 15) is 42.7 Å². The van der Waals surface area contributed by atoms with E-state index in [1.54, 1.807) is 74.5 Å². The van der Waals surface area contributed by atoms with Gasteiger partial charge in [0.1, 0.15) is 50.2 Å². The number of fused-ring (bicyclic) bond motifs is 2. The predicted octanol–water partition coefficient (Wildman–Crippen LogP) is 10.6. The molecule has 0 atom stereocenters. The van der Waals surface area contributed by atoms with E-state index in [-0.39, 0.29) is 87.3 Å². The van der Waals surface area contributed by atoms with Crippen molar-refractivity contribution in [3.05, 3.63) is 179 Å². The molecule has 8 aromatic rings. The second kappa shape index (κ2) is 25.5. The van der Waals surface area contributed by atoms with Crippen LogP contribution >= 0.6 is 22.6 Å². The lowest BCUT2D eigenvalue weighted by Gasteiger charge is -2.21. The highest BCUT2D eigenvalue weighted by atomic mass is 127. The number of carbonyl (C=O) groups is 2. The van der Waals surface area contributed by atoms with Crippen molar-refractivity contribution < 1.29 is 18.4 Å². The summed E-state index contributed by atoms with van der Waals surface area (Å²) in [5, 5.41) is 11.5. The molecule has 4 aromatic carbocycles. The number of benzene rings is 4. The quantitative estimate of drug-likeness (QED) is 0.0577. The molecule has 4 aromatic heterocycles. The highest BCUT2D eigenvalue weighted by Crippen LogP contribution is 2.36. The van der Waals surface area contributed by atoms with E-state index in [1.807, 2.05) is 22.6 Å². The summed E-state index contributed by atoms with van der Waals surface area (Å²) < 4.78 is 38.4. The van der Waals surface area contributed by atoms with Gasteiger partial charge in [-0.2, -0.15) is 0 Å². The van der Waals surface area contributed by atoms with Crippen LogP contribution in [0.25, 0.3) is 33.2 Å². The van der Waals surface area contributed by atoms with E-state index in [4.69, 9.17) is 6.42 Å². The number of nitrogens with one attached hydrogen (secondary N) is 4. The first-order valence-corrected chi connectivity index (χ1v) is 35.4. The number of terminal acetylenes is 1. The number of anilines is 6. The van der Waals surface area contributed by atoms with Gasteiger partial charge in [0.15, 0.2) is 0 Å². The highest BCUT2D eigenvalue weighted by Gasteiger charge is 2.34. The molecule has 0 bridgehead atoms. The first-order chi connectivity index (χ1) is 39.9. The van der Waals surface area contributed by atoms with Crippen LogP contribution in [0.15, 0.2) is 114 Å². The molecule has 0 aliphatic heterocycles. The Morgan fingerprint density at radius 2 is 0.988 bits per heavy atom. The topological polar surface area (TPSA) is 214 Å². The van der Waals surface area contributed by atoms with Crippen LogP contribution in [0.4, 0.5) is 43.2 Å². The van der Waals surface area contributed by atoms with E-state index in [0.29, 0.717) is 57.6 Å². The third-order valence-electron chi connectivity index (χ3n) is 13.8. The zero-order valence-electron chi connectivity index (χ0n) is 49.2. The highest BCUT2D eigenvalue weighted by molar-refractivity contribution is 14.1. The molecule has 10 rings (SSSR count). The molecule has 0 radical (unpaired) electrons. The summed E-state index contributed by atoms with van der Waals surface area (Å²) in [4.78, 5) is 106. The second-order valence-electron chi connectivity index (χ2n) is 23.1. The van der Waals surface area contributed by atoms with Crippen molar-refractivity contribution in [2.75, 3.05) is 21.3 Å². The minimum absolute atomic E-state index is 0. The monoisotopic (exact) mass is 1310 g/mol. The van der Waals surface area contributed by atoms with Crippen LogP contribution in [0.5, 0.6) is 0 Å². The maximum absolute atomic E-state index is 15.4. The van der Waals surface area contributed by atoms with Gasteiger partial charge < -0.3 is 21.3 Å². The maximum atomic E-state index is 15.4. The Morgan fingerprint density at radius 1 is 0.593 bits per heavy atom. The number of nitrogens with zero attached hydrogens (tertiary/aromatic N) is 6. The second-order valence-corrected chi connectivity index (χ2v) is 33.9. The fourth-order valence-corrected chi connectivity index (χ4v) is 10.3. The van der Waals surface area contributed by atoms with Crippen LogP contribution in [0.1, 0.15) is 75.7 Å². The van der Waals surface area contributed by atoms with Crippen molar-refractivity contribution in [1.82, 2.24) is 27.4 Å². The summed E-state index contributed by atoms with van der Waals surface area (Å²) in [5.74, 6) is 1.45. The molecule has 4 heterocycles. The standard InChI is InChI=1S/C31H32FN5O4Si.C26H23FIN5O4.C5H10Si.CH4/c1-18-27-26(28(35(3)29(18)39)34-25-13-10-20(16-24(25)32)14-15-42(4,5)6)30(40)37(22-11-12-22)31(41)36(27)23-9-7-8-21(17-23)33-19(2)38;1-13-22-21(23(31(3)24(13)35)30-20-10-7-15(28)11-19(20)27)25(36)33(17-8-9-17)26(37)32(22)18-6-4-5-16(12-18)29-14(2)34;1-5-6(2,3)4;/h7-10,13,16-17,22,34H,11-12H2,1-6H3,(H,33,38);4-7,10-12,17,30H,8-9H2,1-3H3,(H,29,34);1H,2-4H3;1H4. The molecule has 2 saturated carbocycles. The Kier molecular flexibility index (Phi) is 19.2. The van der Waals surface area contributed by atoms with E-state index >= 15 is 4.39 Å². The number of hydrogen-bond acceptors (Lipinski definition) is 10. The number of pyridine rings is 2. The van der Waals surface area contributed by atoms with Crippen LogP contribution in [0, 0.1) is 52.5 Å². The van der Waals surface area contributed by atoms with Gasteiger partial charge in [-0.25, -0.2) is 18.4 Å². The molecular formula is C63H69F2IN10O8Si2. The number of aromatic nitrogens is 6. The molecule has 18 nitrogen and oxygen atoms in total. The third kappa shape index (κ3) is 14.0. The van der Waals surface area contributed by atoms with Gasteiger partial charge in [-0.3, -0.25) is 56.2 Å². The molecular weight excluding hydrogens is 1250 g/mol. The number of amides is 2. The van der Waals surface area contributed by atoms with Gasteiger partial charge in [-0.15, -0.1) is 17.5 Å². The zero-order chi connectivity index (χ0) is 62.3. The van der Waals surface area contributed by atoms with Gasteiger partial charge in [-0.1, -0.05) is 64.8 Å². The fourth-order valence-electron chi connectivity index (χ4n) is 9.36. The molecule has 0 unspecified atom stereocenters. The van der Waals surface area contributed by atoms with Crippen LogP contribution < -0.4 is 54.9 Å². The lowest BCUT2D eigenvalue weighted by atomic mass is 10.1. The van der Waals surface area contributed by atoms with Crippen molar-refractivity contribution in [2.45, 2.75) is 112 Å². The van der Waals surface area contributed by atoms with Gasteiger partial charge in [-0.05, 0) is 135 Å². The molecule has 0 spiro atoms. The number of rotatable bonds is 10. The Morgan fingerprint density at radius 3 is 1.34 bits per heavy atom. The van der Waals surface area contributed by atoms with Gasteiger partial charge in [0.05, 0.1) is 33.8 Å². The summed E-state index contributed by atoms with van der Waals surface area (Å²) in [7, 11) is 0.218. The van der Waals surface area contributed by atoms with E-state index in [2.05, 4.69) is 77.6 Å². The van der Waals surface area contributed by atoms with Crippen molar-refractivity contribution in [2.24, 2.45) is 14.1 Å². The number of hydrogen-bond donors (Lipinski definition) is 4. The minimum atomic E-state index is -1.67. The van der Waals surface area contributed by atoms with Gasteiger partial charge >= 0.3 is 11.4 Å². The average molecular weight is 1320 g/mol. The Balaban J connectivity index is 0.000000224. The Bertz CT molecular complexity index is 4580. The number of halogens is 3. The first kappa shape index (κ1) is 64.9. The van der Waals surface area contributed by atoms with Crippen LogP contribution in [0.3, 0.4) is 0 Å². The van der Waals surface area contributed by atoms with Crippen molar-refractivity contribution in [3.8, 4) is 34.8 Å². The zero-order valence-corrected chi connectivity index (χ0v) is 53.4. The van der Waals surface area contributed by atoms with Gasteiger partial charge in [0, 0.05) is 71.7 Å². The van der Waals surface area contributed by atoms with E-state index < -0.39 is 61.4 Å². The number of aryl methyl sites for hydroxylation is 2. The summed E-state index contributed by atoms with van der Waals surface area (Å²) in [6, 6.07) is 21.7. The lowest BCUT2D eigenvalue weighted by Crippen LogP contribution is -2.41. The summed E-state index contributed by atoms with van der Waals surface area (Å²) >= 11 is 1.99. The normalized spacial score (nSPS) is 12.7. The Labute approximate surface area is 511 Å². The maximum Gasteiger partial charge on any atom is 0.336 e. The minimum Gasteiger partial charge on any atom is -0.338 e. The molecule has 2 aliphatic carbocycles. The average Bonchev–Trinajstić information content (AvgIpc) is 1.20. The molecule has 4 N–H and O–H groups in total. The summed E-state index contributed by atoms with van der Waals surface area (Å²) in [6.07, 6.45) is 7.78. The molecule has 2 amide bonds. The SMILES string of the molecule is C.C#C[Si](C)(C)C.CC(=O)Nc1cccc(-n2c(=O)n(C3CC3)c(=O)c3c(Nc4ccc(C#C[Si](C)(C)C)cc4F)n(C)c(=O)c(C)c32)c1.CC(=O)Nc1cccc(-n2c(=O)n(C3CC3)c(=O)c3c(Nc4ccc(I)cc4F)n(C)c(=O)c(C)c32)c1. The van der Waals surface area contributed by atoms with E-state index in [0.717, 1.165) is 0 Å². The van der Waals surface area contributed by atoms with Gasteiger partial charge in [0.25, 0.3) is 22.2 Å². The van der Waals surface area contributed by atoms with Gasteiger partial charge in [0.2, 0.25) is 11.8 Å². The Hall–Kier alpha value is -8.66. The smallest absolute Gasteiger partial charge is 0.336 e. The van der Waals surface area contributed by atoms with Crippen LogP contribution in [-0.4, -0.2) is 55.4 Å². The molecule has 86 heavy (non-hydrogen) atoms. The molecule has 2 aliphatic rings. The number of carbonyl (C=O) groups excluding carboxylic acids is 2. The fraction of sp³-hybridized carbons (Fsp3) is 0.302. The molecule has 0 saturated heterocycles. The largest absolute Gasteiger partial charge is 0.338 e. The van der Waals surface area contributed by atoms with E-state index in [1.165, 1.54) is 79.6 Å². The molecule has 448 valence electrons. The molecule has 23 heteroatoms. The summed E-state index contributed by atoms with van der Waals surface area (Å²) in [6.45, 7) is 18.6. The lowest BCUT2D eigenvalue weighted by molar-refractivity contribution is -0.115. The van der Waals surface area contributed by atoms with Crippen molar-refractivity contribution in [3.63, 3.8) is 0 Å². The van der Waals surface area contributed by atoms with Crippen molar-refractivity contribution >= 4 is 107 Å². The van der Waals surface area contributed by atoms with Crippen molar-refractivity contribution in [1.29, 1.82) is 0 Å². The van der Waals surface area contributed by atoms with Crippen LogP contribution in [-0.2, 0) is 23.7 Å². The summed E-state index contributed by atoms with van der Waals surface area (Å²) in [5.41, 5.74) is 5.67. The first-order valence-electron chi connectivity index (χ1n) is 27.3. The third-order valence-corrected chi connectivity index (χ3v) is 16.2.